The number of benzene rings is 2. The van der Waals surface area contributed by atoms with Gasteiger partial charge >= 0.3 is 0 Å². The summed E-state index contributed by atoms with van der Waals surface area (Å²) < 4.78 is 2.23. The normalized spacial score (nSPS) is 11.3. The number of para-hydroxylation sites is 1. The van der Waals surface area contributed by atoms with E-state index in [0.29, 0.717) is 5.75 Å². The molecule has 0 aliphatic heterocycles. The van der Waals surface area contributed by atoms with E-state index in [1.54, 1.807) is 6.07 Å². The van der Waals surface area contributed by atoms with Crippen LogP contribution in [0.4, 0.5) is 0 Å². The Morgan fingerprint density at radius 3 is 2.56 bits per heavy atom. The molecule has 0 bridgehead atoms. The molecule has 80 valence electrons. The number of nitrogens with zero attached hydrogens (tertiary/aromatic N) is 1. The Morgan fingerprint density at radius 1 is 1.00 bits per heavy atom. The van der Waals surface area contributed by atoms with Gasteiger partial charge in [0.25, 0.3) is 0 Å². The van der Waals surface area contributed by atoms with Crippen molar-refractivity contribution in [1.29, 1.82) is 0 Å². The van der Waals surface area contributed by atoms with E-state index >= 15 is 0 Å². The fraction of sp³-hybridized carbons (Fsp3) is 0.143. The lowest BCUT2D eigenvalue weighted by atomic mass is 10.1. The number of hydrogen-bond donors (Lipinski definition) is 1. The van der Waals surface area contributed by atoms with Gasteiger partial charge in [0.2, 0.25) is 0 Å². The van der Waals surface area contributed by atoms with Crippen molar-refractivity contribution in [3.63, 3.8) is 0 Å². The van der Waals surface area contributed by atoms with Gasteiger partial charge in [-0.2, -0.15) is 0 Å². The Kier molecular flexibility index (Phi) is 1.90. The van der Waals surface area contributed by atoms with Gasteiger partial charge < -0.3 is 9.67 Å². The first-order valence-corrected chi connectivity index (χ1v) is 5.52. The first kappa shape index (κ1) is 9.28. The minimum absolute atomic E-state index is 0.362. The molecular formula is C14H13NO. The number of fused-ring (bicyclic) bond motifs is 3. The van der Waals surface area contributed by atoms with Crippen LogP contribution in [0, 0.1) is 0 Å². The number of aromatic hydroxyl groups is 1. The number of aromatic nitrogens is 1. The van der Waals surface area contributed by atoms with Crippen molar-refractivity contribution in [2.45, 2.75) is 13.5 Å². The summed E-state index contributed by atoms with van der Waals surface area (Å²) in [4.78, 5) is 0. The summed E-state index contributed by atoms with van der Waals surface area (Å²) in [6.45, 7) is 3.03. The van der Waals surface area contributed by atoms with Gasteiger partial charge in [-0.15, -0.1) is 0 Å². The molecule has 0 spiro atoms. The Bertz CT molecular complexity index is 667. The van der Waals surface area contributed by atoms with Gasteiger partial charge in [0.05, 0.1) is 5.52 Å². The monoisotopic (exact) mass is 211 g/mol. The fourth-order valence-electron chi connectivity index (χ4n) is 2.42. The van der Waals surface area contributed by atoms with E-state index in [2.05, 4.69) is 29.7 Å². The third-order valence-electron chi connectivity index (χ3n) is 3.09. The molecule has 0 fully saturated rings. The molecule has 1 heterocycles. The molecule has 0 unspecified atom stereocenters. The molecule has 0 atom stereocenters. The summed E-state index contributed by atoms with van der Waals surface area (Å²) in [6.07, 6.45) is 0. The molecule has 3 rings (SSSR count). The largest absolute Gasteiger partial charge is 0.507 e. The Balaban J connectivity index is 2.64. The zero-order chi connectivity index (χ0) is 11.1. The average molecular weight is 211 g/mol. The number of phenolic OH excluding ortho intramolecular Hbond substituents is 1. The van der Waals surface area contributed by atoms with E-state index in [1.165, 1.54) is 5.52 Å². The standard InChI is InChI=1S/C14H13NO/c1-2-15-11-7-4-3-6-10(11)14-12(15)8-5-9-13(14)16/h3-9,16H,2H2,1H3. The molecule has 2 aromatic carbocycles. The van der Waals surface area contributed by atoms with Crippen LogP contribution in [0.1, 0.15) is 6.92 Å². The predicted molar refractivity (Wildman–Crippen MR) is 66.8 cm³/mol. The lowest BCUT2D eigenvalue weighted by molar-refractivity contribution is 0.482. The third kappa shape index (κ3) is 1.07. The topological polar surface area (TPSA) is 25.2 Å². The van der Waals surface area contributed by atoms with Crippen LogP contribution in [0.15, 0.2) is 42.5 Å². The SMILES string of the molecule is CCn1c2ccccc2c2c(O)cccc21. The molecule has 0 aliphatic carbocycles. The molecule has 0 aliphatic rings. The maximum absolute atomic E-state index is 9.96. The van der Waals surface area contributed by atoms with Crippen molar-refractivity contribution in [3.05, 3.63) is 42.5 Å². The molecule has 0 radical (unpaired) electrons. The average Bonchev–Trinajstić information content (AvgIpc) is 2.64. The lowest BCUT2D eigenvalue weighted by Crippen LogP contribution is -1.92. The van der Waals surface area contributed by atoms with Gasteiger partial charge in [-0.25, -0.2) is 0 Å². The molecule has 1 N–H and O–H groups in total. The van der Waals surface area contributed by atoms with Crippen LogP contribution in [0.5, 0.6) is 5.75 Å². The van der Waals surface area contributed by atoms with Gasteiger partial charge in [0.15, 0.2) is 0 Å². The summed E-state index contributed by atoms with van der Waals surface area (Å²) in [5.41, 5.74) is 2.28. The van der Waals surface area contributed by atoms with Crippen molar-refractivity contribution in [1.82, 2.24) is 4.57 Å². The van der Waals surface area contributed by atoms with Gasteiger partial charge in [-0.05, 0) is 25.1 Å². The molecule has 16 heavy (non-hydrogen) atoms. The molecule has 2 nitrogen and oxygen atoms in total. The Morgan fingerprint density at radius 2 is 1.75 bits per heavy atom. The summed E-state index contributed by atoms with van der Waals surface area (Å²) in [6, 6.07) is 13.9. The zero-order valence-corrected chi connectivity index (χ0v) is 9.14. The van der Waals surface area contributed by atoms with Gasteiger partial charge in [-0.1, -0.05) is 24.3 Å². The molecule has 0 amide bonds. The van der Waals surface area contributed by atoms with Crippen LogP contribution in [0.25, 0.3) is 21.8 Å². The molecule has 0 saturated carbocycles. The second-order valence-corrected chi connectivity index (χ2v) is 3.93. The maximum Gasteiger partial charge on any atom is 0.125 e. The van der Waals surface area contributed by atoms with E-state index in [0.717, 1.165) is 22.8 Å². The second kappa shape index (κ2) is 3.27. The maximum atomic E-state index is 9.96. The molecule has 2 heteroatoms. The predicted octanol–water partition coefficient (Wildman–Crippen LogP) is 3.52. The van der Waals surface area contributed by atoms with Crippen LogP contribution in [-0.2, 0) is 6.54 Å². The molecule has 0 saturated heterocycles. The summed E-state index contributed by atoms with van der Waals surface area (Å²) in [5, 5.41) is 12.0. The van der Waals surface area contributed by atoms with E-state index in [9.17, 15) is 5.11 Å². The van der Waals surface area contributed by atoms with Crippen LogP contribution < -0.4 is 0 Å². The number of hydrogen-bond acceptors (Lipinski definition) is 1. The minimum atomic E-state index is 0.362. The lowest BCUT2D eigenvalue weighted by Gasteiger charge is -2.02. The fourth-order valence-corrected chi connectivity index (χ4v) is 2.42. The highest BCUT2D eigenvalue weighted by atomic mass is 16.3. The van der Waals surface area contributed by atoms with Crippen molar-refractivity contribution in [2.75, 3.05) is 0 Å². The number of phenols is 1. The Hall–Kier alpha value is -1.96. The van der Waals surface area contributed by atoms with Crippen LogP contribution in [-0.4, -0.2) is 9.67 Å². The van der Waals surface area contributed by atoms with Crippen LogP contribution in [0.3, 0.4) is 0 Å². The van der Waals surface area contributed by atoms with Gasteiger partial charge in [-0.3, -0.25) is 0 Å². The first-order chi connectivity index (χ1) is 7.83. The highest BCUT2D eigenvalue weighted by Gasteiger charge is 2.11. The molecule has 3 aromatic rings. The van der Waals surface area contributed by atoms with E-state index < -0.39 is 0 Å². The summed E-state index contributed by atoms with van der Waals surface area (Å²) in [7, 11) is 0. The van der Waals surface area contributed by atoms with Crippen molar-refractivity contribution >= 4 is 21.8 Å². The van der Waals surface area contributed by atoms with Gasteiger partial charge in [0, 0.05) is 22.8 Å². The first-order valence-electron chi connectivity index (χ1n) is 5.52. The molecule has 1 aromatic heterocycles. The zero-order valence-electron chi connectivity index (χ0n) is 9.14. The van der Waals surface area contributed by atoms with Gasteiger partial charge in [0.1, 0.15) is 5.75 Å². The minimum Gasteiger partial charge on any atom is -0.507 e. The van der Waals surface area contributed by atoms with Crippen LogP contribution in [0.2, 0.25) is 0 Å². The smallest absolute Gasteiger partial charge is 0.125 e. The van der Waals surface area contributed by atoms with E-state index in [4.69, 9.17) is 0 Å². The van der Waals surface area contributed by atoms with Crippen molar-refractivity contribution in [2.24, 2.45) is 0 Å². The van der Waals surface area contributed by atoms with E-state index in [1.807, 2.05) is 18.2 Å². The highest BCUT2D eigenvalue weighted by molar-refractivity contribution is 6.10. The summed E-state index contributed by atoms with van der Waals surface area (Å²) >= 11 is 0. The van der Waals surface area contributed by atoms with Crippen LogP contribution >= 0.6 is 0 Å². The highest BCUT2D eigenvalue weighted by Crippen LogP contribution is 2.34. The van der Waals surface area contributed by atoms with E-state index in [-0.39, 0.29) is 0 Å². The third-order valence-corrected chi connectivity index (χ3v) is 3.09. The second-order valence-electron chi connectivity index (χ2n) is 3.93. The van der Waals surface area contributed by atoms with Crippen molar-refractivity contribution in [3.8, 4) is 5.75 Å². The van der Waals surface area contributed by atoms with Crippen molar-refractivity contribution < 1.29 is 5.11 Å². The Labute approximate surface area is 93.7 Å². The molecular weight excluding hydrogens is 198 g/mol. The quantitative estimate of drug-likeness (QED) is 0.654. The number of rotatable bonds is 1. The summed E-state index contributed by atoms with van der Waals surface area (Å²) in [5.74, 6) is 0.362. The number of aryl methyl sites for hydroxylation is 1.